The van der Waals surface area contributed by atoms with Gasteiger partial charge in [-0.15, -0.1) is 0 Å². The summed E-state index contributed by atoms with van der Waals surface area (Å²) in [6.45, 7) is 8.47. The average Bonchev–Trinajstić information content (AvgIpc) is 2.32. The molecule has 0 heterocycles. The van der Waals surface area contributed by atoms with Gasteiger partial charge in [0.05, 0.1) is 5.41 Å². The fraction of sp³-hybridized carbons (Fsp3) is 0.933. The molecule has 1 fully saturated rings. The number of ether oxygens (including phenoxy) is 1. The van der Waals surface area contributed by atoms with E-state index < -0.39 is 0 Å². The molecule has 0 aromatic carbocycles. The van der Waals surface area contributed by atoms with Crippen molar-refractivity contribution in [2.75, 3.05) is 0 Å². The van der Waals surface area contributed by atoms with Gasteiger partial charge in [-0.2, -0.15) is 0 Å². The number of hydrogen-bond acceptors (Lipinski definition) is 2. The number of rotatable bonds is 5. The van der Waals surface area contributed by atoms with Crippen LogP contribution in [-0.4, -0.2) is 12.1 Å². The molecule has 1 saturated carbocycles. The molecular formula is C15H28O2. The van der Waals surface area contributed by atoms with Crippen molar-refractivity contribution in [3.05, 3.63) is 0 Å². The third-order valence-electron chi connectivity index (χ3n) is 4.37. The highest BCUT2D eigenvalue weighted by Crippen LogP contribution is 2.33. The molecule has 0 bridgehead atoms. The zero-order valence-electron chi connectivity index (χ0n) is 11.9. The zero-order valence-corrected chi connectivity index (χ0v) is 11.9. The molecule has 0 radical (unpaired) electrons. The smallest absolute Gasteiger partial charge is 0.312 e. The lowest BCUT2D eigenvalue weighted by molar-refractivity contribution is -0.165. The van der Waals surface area contributed by atoms with Crippen molar-refractivity contribution >= 4 is 5.97 Å². The summed E-state index contributed by atoms with van der Waals surface area (Å²) in [4.78, 5) is 12.3. The first kappa shape index (κ1) is 14.5. The van der Waals surface area contributed by atoms with Crippen molar-refractivity contribution in [3.63, 3.8) is 0 Å². The standard InChI is InChI=1S/C15H28O2/c1-5-11-15(4,6-2)14(16)17-13-10-8-7-9-12(13)3/h12-13H,5-11H2,1-4H3. The predicted octanol–water partition coefficient (Wildman–Crippen LogP) is 4.32. The minimum Gasteiger partial charge on any atom is -0.462 e. The maximum atomic E-state index is 12.3. The summed E-state index contributed by atoms with van der Waals surface area (Å²) in [5.74, 6) is 0.566. The van der Waals surface area contributed by atoms with E-state index >= 15 is 0 Å². The summed E-state index contributed by atoms with van der Waals surface area (Å²) in [7, 11) is 0. The molecule has 0 amide bonds. The highest BCUT2D eigenvalue weighted by atomic mass is 16.5. The second kappa shape index (κ2) is 6.42. The third-order valence-corrected chi connectivity index (χ3v) is 4.37. The Morgan fingerprint density at radius 1 is 1.29 bits per heavy atom. The highest BCUT2D eigenvalue weighted by molar-refractivity contribution is 5.76. The molecular weight excluding hydrogens is 212 g/mol. The molecule has 0 saturated heterocycles. The predicted molar refractivity (Wildman–Crippen MR) is 70.8 cm³/mol. The molecule has 0 aromatic heterocycles. The minimum absolute atomic E-state index is 0.0283. The van der Waals surface area contributed by atoms with Crippen molar-refractivity contribution in [1.29, 1.82) is 0 Å². The van der Waals surface area contributed by atoms with Crippen LogP contribution in [0.3, 0.4) is 0 Å². The average molecular weight is 240 g/mol. The van der Waals surface area contributed by atoms with E-state index in [9.17, 15) is 4.79 Å². The first-order chi connectivity index (χ1) is 8.03. The SMILES string of the molecule is CCCC(C)(CC)C(=O)OC1CCCCC1C. The Bertz CT molecular complexity index is 249. The minimum atomic E-state index is -0.272. The van der Waals surface area contributed by atoms with Crippen LogP contribution in [-0.2, 0) is 9.53 Å². The van der Waals surface area contributed by atoms with Crippen LogP contribution in [0.2, 0.25) is 0 Å². The van der Waals surface area contributed by atoms with E-state index in [1.807, 2.05) is 6.92 Å². The van der Waals surface area contributed by atoms with Gasteiger partial charge in [-0.05, 0) is 44.9 Å². The molecule has 3 atom stereocenters. The van der Waals surface area contributed by atoms with Gasteiger partial charge in [-0.3, -0.25) is 4.79 Å². The van der Waals surface area contributed by atoms with E-state index in [-0.39, 0.29) is 17.5 Å². The lowest BCUT2D eigenvalue weighted by Crippen LogP contribution is -2.36. The van der Waals surface area contributed by atoms with Gasteiger partial charge in [0.25, 0.3) is 0 Å². The highest BCUT2D eigenvalue weighted by Gasteiger charge is 2.35. The van der Waals surface area contributed by atoms with Gasteiger partial charge in [0.1, 0.15) is 6.10 Å². The Morgan fingerprint density at radius 2 is 1.94 bits per heavy atom. The van der Waals surface area contributed by atoms with E-state index in [0.717, 1.165) is 25.7 Å². The topological polar surface area (TPSA) is 26.3 Å². The lowest BCUT2D eigenvalue weighted by Gasteiger charge is -2.33. The third kappa shape index (κ3) is 3.72. The Kier molecular flexibility index (Phi) is 5.48. The second-order valence-corrected chi connectivity index (χ2v) is 5.87. The van der Waals surface area contributed by atoms with Crippen molar-refractivity contribution in [3.8, 4) is 0 Å². The Labute approximate surface area is 106 Å². The molecule has 0 spiro atoms. The van der Waals surface area contributed by atoms with Gasteiger partial charge < -0.3 is 4.74 Å². The van der Waals surface area contributed by atoms with Crippen LogP contribution in [0.25, 0.3) is 0 Å². The van der Waals surface area contributed by atoms with Gasteiger partial charge in [0, 0.05) is 0 Å². The first-order valence-corrected chi connectivity index (χ1v) is 7.24. The van der Waals surface area contributed by atoms with E-state index in [1.165, 1.54) is 19.3 Å². The molecule has 2 heteroatoms. The van der Waals surface area contributed by atoms with Crippen molar-refractivity contribution in [2.24, 2.45) is 11.3 Å². The fourth-order valence-corrected chi connectivity index (χ4v) is 2.71. The second-order valence-electron chi connectivity index (χ2n) is 5.87. The van der Waals surface area contributed by atoms with Crippen LogP contribution in [0.4, 0.5) is 0 Å². The molecule has 0 aliphatic heterocycles. The summed E-state index contributed by atoms with van der Waals surface area (Å²) >= 11 is 0. The summed E-state index contributed by atoms with van der Waals surface area (Å²) in [5.41, 5.74) is -0.272. The summed E-state index contributed by atoms with van der Waals surface area (Å²) < 4.78 is 5.77. The van der Waals surface area contributed by atoms with E-state index in [0.29, 0.717) is 5.92 Å². The lowest BCUT2D eigenvalue weighted by atomic mass is 9.82. The van der Waals surface area contributed by atoms with E-state index in [1.54, 1.807) is 0 Å². The molecule has 1 rings (SSSR count). The van der Waals surface area contributed by atoms with Crippen molar-refractivity contribution in [1.82, 2.24) is 0 Å². The molecule has 3 unspecified atom stereocenters. The van der Waals surface area contributed by atoms with Crippen LogP contribution in [0.1, 0.15) is 72.6 Å². The largest absolute Gasteiger partial charge is 0.462 e. The van der Waals surface area contributed by atoms with E-state index in [2.05, 4.69) is 20.8 Å². The van der Waals surface area contributed by atoms with E-state index in [4.69, 9.17) is 4.74 Å². The normalized spacial score (nSPS) is 28.5. The molecule has 100 valence electrons. The molecule has 2 nitrogen and oxygen atoms in total. The van der Waals surface area contributed by atoms with Crippen molar-refractivity contribution < 1.29 is 9.53 Å². The molecule has 0 N–H and O–H groups in total. The summed E-state index contributed by atoms with van der Waals surface area (Å²) in [5, 5.41) is 0. The van der Waals surface area contributed by atoms with Crippen LogP contribution in [0.5, 0.6) is 0 Å². The van der Waals surface area contributed by atoms with Gasteiger partial charge in [-0.25, -0.2) is 0 Å². The maximum Gasteiger partial charge on any atom is 0.312 e. The quantitative estimate of drug-likeness (QED) is 0.669. The van der Waals surface area contributed by atoms with Crippen LogP contribution >= 0.6 is 0 Å². The van der Waals surface area contributed by atoms with Gasteiger partial charge in [0.2, 0.25) is 0 Å². The molecule has 1 aliphatic carbocycles. The number of esters is 1. The Balaban J connectivity index is 2.56. The zero-order chi connectivity index (χ0) is 12.9. The fourth-order valence-electron chi connectivity index (χ4n) is 2.71. The first-order valence-electron chi connectivity index (χ1n) is 7.24. The summed E-state index contributed by atoms with van der Waals surface area (Å²) in [6, 6.07) is 0. The Morgan fingerprint density at radius 3 is 2.47 bits per heavy atom. The maximum absolute atomic E-state index is 12.3. The van der Waals surface area contributed by atoms with Crippen LogP contribution in [0.15, 0.2) is 0 Å². The van der Waals surface area contributed by atoms with Crippen LogP contribution in [0, 0.1) is 11.3 Å². The van der Waals surface area contributed by atoms with Gasteiger partial charge >= 0.3 is 5.97 Å². The number of hydrogen-bond donors (Lipinski definition) is 0. The summed E-state index contributed by atoms with van der Waals surface area (Å²) in [6.07, 6.45) is 7.77. The molecule has 17 heavy (non-hydrogen) atoms. The van der Waals surface area contributed by atoms with Gasteiger partial charge in [0.15, 0.2) is 0 Å². The molecule has 1 aliphatic rings. The monoisotopic (exact) mass is 240 g/mol. The number of carbonyl (C=O) groups excluding carboxylic acids is 1. The van der Waals surface area contributed by atoms with Gasteiger partial charge in [-0.1, -0.05) is 33.6 Å². The molecule has 0 aromatic rings. The van der Waals surface area contributed by atoms with Crippen LogP contribution < -0.4 is 0 Å². The van der Waals surface area contributed by atoms with Crippen molar-refractivity contribution in [2.45, 2.75) is 78.7 Å². The Hall–Kier alpha value is -0.530. The number of carbonyl (C=O) groups is 1.